The molecule has 0 aliphatic heterocycles. The van der Waals surface area contributed by atoms with Crippen molar-refractivity contribution in [1.82, 2.24) is 14.4 Å². The van der Waals surface area contributed by atoms with Crippen molar-refractivity contribution < 1.29 is 20.1 Å². The van der Waals surface area contributed by atoms with Gasteiger partial charge in [0, 0.05) is 38.0 Å². The summed E-state index contributed by atoms with van der Waals surface area (Å²) in [4.78, 5) is 9.07. The molecule has 0 aliphatic carbocycles. The Kier molecular flexibility index (Phi) is 2.85. The van der Waals surface area contributed by atoms with Crippen LogP contribution < -0.4 is 0 Å². The van der Waals surface area contributed by atoms with Gasteiger partial charge < -0.3 is 9.38 Å². The number of benzene rings is 1. The fourth-order valence-corrected chi connectivity index (χ4v) is 2.44. The van der Waals surface area contributed by atoms with Crippen molar-refractivity contribution in [3.8, 4) is 0 Å². The van der Waals surface area contributed by atoms with E-state index in [0.29, 0.717) is 0 Å². The molecule has 3 heterocycles. The summed E-state index contributed by atoms with van der Waals surface area (Å²) in [6.07, 6.45) is 3.79. The second kappa shape index (κ2) is 4.41. The van der Waals surface area contributed by atoms with Gasteiger partial charge >= 0.3 is 0 Å². The predicted molar refractivity (Wildman–Crippen MR) is 71.6 cm³/mol. The summed E-state index contributed by atoms with van der Waals surface area (Å²) >= 11 is 0. The van der Waals surface area contributed by atoms with Crippen LogP contribution in [0.4, 0.5) is 0 Å². The van der Waals surface area contributed by atoms with E-state index in [4.69, 9.17) is 0 Å². The van der Waals surface area contributed by atoms with Gasteiger partial charge in [0.25, 0.3) is 0 Å². The number of aromatic nitrogens is 3. The standard InChI is InChI=1S/C15H10N3.Ir/c1-10-6-7-12-14(17-10)11-4-2-3-5-13(11)18-9-8-16-15(12)18;/h2-6,8-9H,1H3;/q-1;. The smallest absolute Gasteiger partial charge is 0.0623 e. The van der Waals surface area contributed by atoms with Gasteiger partial charge in [0.15, 0.2) is 0 Å². The first kappa shape index (κ1) is 12.3. The molecule has 4 aromatic rings. The molecule has 0 amide bonds. The monoisotopic (exact) mass is 425 g/mol. The average molecular weight is 424 g/mol. The summed E-state index contributed by atoms with van der Waals surface area (Å²) in [5.74, 6) is 0. The largest absolute Gasteiger partial charge is 0.348 e. The van der Waals surface area contributed by atoms with Crippen LogP contribution in [0.3, 0.4) is 0 Å². The summed E-state index contributed by atoms with van der Waals surface area (Å²) in [5, 5.41) is 2.11. The average Bonchev–Trinajstić information content (AvgIpc) is 2.88. The van der Waals surface area contributed by atoms with Crippen molar-refractivity contribution in [2.75, 3.05) is 0 Å². The van der Waals surface area contributed by atoms with Crippen molar-refractivity contribution in [1.29, 1.82) is 0 Å². The number of pyridine rings is 2. The van der Waals surface area contributed by atoms with Crippen LogP contribution in [0.5, 0.6) is 0 Å². The minimum Gasteiger partial charge on any atom is -0.348 e. The summed E-state index contributed by atoms with van der Waals surface area (Å²) < 4.78 is 2.09. The second-order valence-corrected chi connectivity index (χ2v) is 4.40. The van der Waals surface area contributed by atoms with Crippen LogP contribution in [0.25, 0.3) is 27.5 Å². The molecule has 0 atom stereocenters. The summed E-state index contributed by atoms with van der Waals surface area (Å²) in [5.41, 5.74) is 3.99. The number of nitrogens with zero attached hydrogens (tertiary/aromatic N) is 3. The molecule has 0 bridgehead atoms. The Labute approximate surface area is 123 Å². The molecule has 0 unspecified atom stereocenters. The number of rotatable bonds is 0. The zero-order valence-electron chi connectivity index (χ0n) is 10.2. The van der Waals surface area contributed by atoms with Crippen molar-refractivity contribution in [3.63, 3.8) is 0 Å². The maximum Gasteiger partial charge on any atom is 0.0623 e. The minimum absolute atomic E-state index is 0. The van der Waals surface area contributed by atoms with E-state index in [1.54, 1.807) is 0 Å². The van der Waals surface area contributed by atoms with E-state index in [1.807, 2.05) is 37.5 Å². The molecule has 3 aromatic heterocycles. The van der Waals surface area contributed by atoms with Crippen LogP contribution in [-0.2, 0) is 20.1 Å². The third kappa shape index (κ3) is 1.68. The number of para-hydroxylation sites is 1. The number of fused-ring (bicyclic) bond motifs is 6. The van der Waals surface area contributed by atoms with E-state index in [1.165, 1.54) is 0 Å². The van der Waals surface area contributed by atoms with E-state index in [2.05, 4.69) is 32.6 Å². The van der Waals surface area contributed by atoms with E-state index < -0.39 is 0 Å². The Morgan fingerprint density at radius 2 is 2.05 bits per heavy atom. The Bertz CT molecular complexity index is 896. The third-order valence-corrected chi connectivity index (χ3v) is 3.23. The van der Waals surface area contributed by atoms with Gasteiger partial charge in [-0.25, -0.2) is 0 Å². The Morgan fingerprint density at radius 3 is 2.95 bits per heavy atom. The van der Waals surface area contributed by atoms with Gasteiger partial charge in [-0.2, -0.15) is 0 Å². The maximum atomic E-state index is 4.65. The van der Waals surface area contributed by atoms with Crippen molar-refractivity contribution >= 4 is 27.5 Å². The van der Waals surface area contributed by atoms with E-state index in [0.717, 1.165) is 33.1 Å². The number of aryl methyl sites for hydroxylation is 1. The molecule has 0 spiro atoms. The summed E-state index contributed by atoms with van der Waals surface area (Å²) in [7, 11) is 0. The van der Waals surface area contributed by atoms with Crippen LogP contribution in [0, 0.1) is 13.0 Å². The molecule has 0 saturated carbocycles. The number of imidazole rings is 1. The topological polar surface area (TPSA) is 30.2 Å². The van der Waals surface area contributed by atoms with Gasteiger partial charge in [-0.15, -0.1) is 12.1 Å². The minimum atomic E-state index is 0. The first-order valence-corrected chi connectivity index (χ1v) is 5.87. The summed E-state index contributed by atoms with van der Waals surface area (Å²) in [6.45, 7) is 1.99. The van der Waals surface area contributed by atoms with Crippen LogP contribution in [0.15, 0.2) is 42.7 Å². The van der Waals surface area contributed by atoms with Crippen molar-refractivity contribution in [2.24, 2.45) is 0 Å². The molecular weight excluding hydrogens is 414 g/mol. The normalized spacial score (nSPS) is 11.0. The van der Waals surface area contributed by atoms with E-state index >= 15 is 0 Å². The number of hydrogen-bond acceptors (Lipinski definition) is 2. The first-order chi connectivity index (χ1) is 8.84. The zero-order chi connectivity index (χ0) is 12.1. The van der Waals surface area contributed by atoms with Gasteiger partial charge in [0.2, 0.25) is 0 Å². The van der Waals surface area contributed by atoms with Crippen molar-refractivity contribution in [2.45, 2.75) is 6.92 Å². The molecule has 0 fully saturated rings. The fourth-order valence-electron chi connectivity index (χ4n) is 2.44. The Balaban J connectivity index is 0.00000110. The zero-order valence-corrected chi connectivity index (χ0v) is 12.6. The summed E-state index contributed by atoms with van der Waals surface area (Å²) in [6, 6.07) is 13.5. The van der Waals surface area contributed by atoms with Crippen LogP contribution in [-0.4, -0.2) is 14.4 Å². The Morgan fingerprint density at radius 1 is 1.21 bits per heavy atom. The molecule has 3 nitrogen and oxygen atoms in total. The van der Waals surface area contributed by atoms with Crippen LogP contribution >= 0.6 is 0 Å². The first-order valence-electron chi connectivity index (χ1n) is 5.87. The molecule has 4 heteroatoms. The van der Waals surface area contributed by atoms with Gasteiger partial charge in [0.05, 0.1) is 5.65 Å². The SMILES string of the molecule is Cc1c[c-]c2c(n1)c1ccccc1n1ccnc21.[Ir]. The van der Waals surface area contributed by atoms with Gasteiger partial charge in [-0.1, -0.05) is 30.5 Å². The van der Waals surface area contributed by atoms with Gasteiger partial charge in [0.1, 0.15) is 0 Å². The third-order valence-electron chi connectivity index (χ3n) is 3.23. The molecule has 4 rings (SSSR count). The molecule has 0 N–H and O–H groups in total. The van der Waals surface area contributed by atoms with E-state index in [9.17, 15) is 0 Å². The molecular formula is C15H10IrN3-. The van der Waals surface area contributed by atoms with Gasteiger partial charge in [-0.05, 0) is 22.7 Å². The molecule has 0 saturated heterocycles. The maximum absolute atomic E-state index is 4.65. The fraction of sp³-hybridized carbons (Fsp3) is 0.0667. The van der Waals surface area contributed by atoms with Crippen LogP contribution in [0.2, 0.25) is 0 Å². The second-order valence-electron chi connectivity index (χ2n) is 4.40. The van der Waals surface area contributed by atoms with Gasteiger partial charge in [-0.3, -0.25) is 4.98 Å². The molecule has 1 radical (unpaired) electrons. The number of hydrogen-bond donors (Lipinski definition) is 0. The Hall–Kier alpha value is -1.77. The molecule has 0 aliphatic rings. The molecule has 95 valence electrons. The molecule has 19 heavy (non-hydrogen) atoms. The van der Waals surface area contributed by atoms with Crippen molar-refractivity contribution in [3.05, 3.63) is 54.5 Å². The predicted octanol–water partition coefficient (Wildman–Crippen LogP) is 3.14. The van der Waals surface area contributed by atoms with Crippen LogP contribution in [0.1, 0.15) is 5.69 Å². The quantitative estimate of drug-likeness (QED) is 0.321. The molecule has 1 aromatic carbocycles. The van der Waals surface area contributed by atoms with E-state index in [-0.39, 0.29) is 20.1 Å².